The van der Waals surface area contributed by atoms with Crippen LogP contribution in [0.4, 0.5) is 11.4 Å². The molecule has 2 rings (SSSR count). The molecular weight excluding hydrogens is 310 g/mol. The molecule has 24 heavy (non-hydrogen) atoms. The summed E-state index contributed by atoms with van der Waals surface area (Å²) in [7, 11) is 3.87. The van der Waals surface area contributed by atoms with E-state index in [1.807, 2.05) is 31.1 Å². The molecule has 2 atom stereocenters. The van der Waals surface area contributed by atoms with Crippen LogP contribution in [0, 0.1) is 0 Å². The molecule has 1 fully saturated rings. The molecule has 1 amide bonds. The van der Waals surface area contributed by atoms with Crippen LogP contribution in [0.2, 0.25) is 0 Å². The van der Waals surface area contributed by atoms with E-state index in [2.05, 4.69) is 10.6 Å². The number of carboxylic acid groups (broad SMARTS) is 1. The van der Waals surface area contributed by atoms with Crippen molar-refractivity contribution in [3.63, 3.8) is 0 Å². The van der Waals surface area contributed by atoms with Crippen LogP contribution in [0.1, 0.15) is 19.3 Å². The number of benzene rings is 1. The van der Waals surface area contributed by atoms with Crippen molar-refractivity contribution >= 4 is 23.3 Å². The SMILES string of the molecule is CN(C)c1ccc(NC(=O)C[C@H](NC[C@@H]2CCCO2)C(=O)O)cc1. The fourth-order valence-electron chi connectivity index (χ4n) is 2.57. The maximum absolute atomic E-state index is 12.1. The molecule has 0 spiro atoms. The lowest BCUT2D eigenvalue weighted by atomic mass is 10.1. The summed E-state index contributed by atoms with van der Waals surface area (Å²) in [4.78, 5) is 25.4. The third-order valence-corrected chi connectivity index (χ3v) is 3.97. The van der Waals surface area contributed by atoms with E-state index in [1.54, 1.807) is 12.1 Å². The standard InChI is InChI=1S/C17H25N3O4/c1-20(2)13-7-5-12(6-8-13)19-16(21)10-15(17(22)23)18-11-14-4-3-9-24-14/h5-8,14-15,18H,3-4,9-11H2,1-2H3,(H,19,21)(H,22,23)/t14-,15-/m0/s1. The number of nitrogens with zero attached hydrogens (tertiary/aromatic N) is 1. The minimum Gasteiger partial charge on any atom is -0.480 e. The van der Waals surface area contributed by atoms with Crippen molar-refractivity contribution in [2.24, 2.45) is 0 Å². The number of hydrogen-bond donors (Lipinski definition) is 3. The third kappa shape index (κ3) is 5.50. The van der Waals surface area contributed by atoms with Gasteiger partial charge in [0.2, 0.25) is 5.91 Å². The first-order valence-corrected chi connectivity index (χ1v) is 8.10. The monoisotopic (exact) mass is 335 g/mol. The molecule has 1 saturated heterocycles. The Kier molecular flexibility index (Phi) is 6.57. The average molecular weight is 335 g/mol. The molecule has 1 aromatic rings. The number of carboxylic acids is 1. The van der Waals surface area contributed by atoms with E-state index in [-0.39, 0.29) is 18.4 Å². The van der Waals surface area contributed by atoms with Gasteiger partial charge < -0.3 is 25.4 Å². The van der Waals surface area contributed by atoms with Crippen LogP contribution in [-0.4, -0.2) is 56.4 Å². The first-order valence-electron chi connectivity index (χ1n) is 8.10. The number of anilines is 2. The average Bonchev–Trinajstić information content (AvgIpc) is 3.05. The number of rotatable bonds is 8. The van der Waals surface area contributed by atoms with Gasteiger partial charge in [0.05, 0.1) is 12.5 Å². The number of ether oxygens (including phenoxy) is 1. The lowest BCUT2D eigenvalue weighted by Crippen LogP contribution is -2.43. The molecule has 1 aromatic carbocycles. The van der Waals surface area contributed by atoms with Gasteiger partial charge in [0.15, 0.2) is 0 Å². The molecule has 3 N–H and O–H groups in total. The maximum Gasteiger partial charge on any atom is 0.321 e. The van der Waals surface area contributed by atoms with E-state index in [1.165, 1.54) is 0 Å². The number of nitrogens with one attached hydrogen (secondary N) is 2. The second kappa shape index (κ2) is 8.65. The molecule has 0 aromatic heterocycles. The van der Waals surface area contributed by atoms with Gasteiger partial charge in [0, 0.05) is 38.6 Å². The summed E-state index contributed by atoms with van der Waals surface area (Å²) in [5.41, 5.74) is 1.67. The second-order valence-corrected chi connectivity index (χ2v) is 6.13. The quantitative estimate of drug-likeness (QED) is 0.663. The van der Waals surface area contributed by atoms with Crippen molar-refractivity contribution in [2.45, 2.75) is 31.4 Å². The lowest BCUT2D eigenvalue weighted by Gasteiger charge is -2.17. The molecule has 1 aliphatic heterocycles. The van der Waals surface area contributed by atoms with Gasteiger partial charge in [0.25, 0.3) is 0 Å². The lowest BCUT2D eigenvalue weighted by molar-refractivity contribution is -0.141. The molecule has 0 saturated carbocycles. The van der Waals surface area contributed by atoms with E-state index in [9.17, 15) is 14.7 Å². The zero-order valence-corrected chi connectivity index (χ0v) is 14.1. The first kappa shape index (κ1) is 18.2. The Morgan fingerprint density at radius 1 is 1.33 bits per heavy atom. The van der Waals surface area contributed by atoms with Gasteiger partial charge in [-0.1, -0.05) is 0 Å². The zero-order valence-electron chi connectivity index (χ0n) is 14.1. The molecule has 0 unspecified atom stereocenters. The van der Waals surface area contributed by atoms with Crippen LogP contribution in [0.3, 0.4) is 0 Å². The molecule has 0 bridgehead atoms. The smallest absolute Gasteiger partial charge is 0.321 e. The summed E-state index contributed by atoms with van der Waals surface area (Å²) in [6.07, 6.45) is 1.82. The van der Waals surface area contributed by atoms with Gasteiger partial charge in [-0.3, -0.25) is 9.59 Å². The van der Waals surface area contributed by atoms with Gasteiger partial charge in [-0.2, -0.15) is 0 Å². The largest absolute Gasteiger partial charge is 0.480 e. The highest BCUT2D eigenvalue weighted by Crippen LogP contribution is 2.16. The second-order valence-electron chi connectivity index (χ2n) is 6.13. The van der Waals surface area contributed by atoms with Crippen molar-refractivity contribution in [3.8, 4) is 0 Å². The predicted molar refractivity (Wildman–Crippen MR) is 92.4 cm³/mol. The molecular formula is C17H25N3O4. The van der Waals surface area contributed by atoms with Gasteiger partial charge in [-0.05, 0) is 37.1 Å². The predicted octanol–water partition coefficient (Wildman–Crippen LogP) is 1.30. The van der Waals surface area contributed by atoms with Crippen LogP contribution in [0.5, 0.6) is 0 Å². The normalized spacial score (nSPS) is 18.2. The Morgan fingerprint density at radius 3 is 2.58 bits per heavy atom. The molecule has 1 heterocycles. The van der Waals surface area contributed by atoms with Gasteiger partial charge in [-0.15, -0.1) is 0 Å². The highest BCUT2D eigenvalue weighted by atomic mass is 16.5. The van der Waals surface area contributed by atoms with Gasteiger partial charge >= 0.3 is 5.97 Å². The van der Waals surface area contributed by atoms with Crippen LogP contribution >= 0.6 is 0 Å². The van der Waals surface area contributed by atoms with E-state index in [0.717, 1.165) is 18.5 Å². The zero-order chi connectivity index (χ0) is 17.5. The Bertz CT molecular complexity index is 553. The maximum atomic E-state index is 12.1. The molecule has 0 aliphatic carbocycles. The number of aliphatic carboxylic acids is 1. The third-order valence-electron chi connectivity index (χ3n) is 3.97. The van der Waals surface area contributed by atoms with Crippen LogP contribution in [0.15, 0.2) is 24.3 Å². The summed E-state index contributed by atoms with van der Waals surface area (Å²) in [6.45, 7) is 1.16. The Balaban J connectivity index is 1.84. The van der Waals surface area contributed by atoms with Crippen LogP contribution in [-0.2, 0) is 14.3 Å². The summed E-state index contributed by atoms with van der Waals surface area (Å²) < 4.78 is 5.45. The van der Waals surface area contributed by atoms with Crippen LogP contribution in [0.25, 0.3) is 0 Å². The number of amides is 1. The molecule has 7 heteroatoms. The fraction of sp³-hybridized carbons (Fsp3) is 0.529. The topological polar surface area (TPSA) is 90.9 Å². The minimum absolute atomic E-state index is 0.0356. The Morgan fingerprint density at radius 2 is 2.04 bits per heavy atom. The van der Waals surface area contributed by atoms with Crippen molar-refractivity contribution in [3.05, 3.63) is 24.3 Å². The summed E-state index contributed by atoms with van der Waals surface area (Å²) >= 11 is 0. The van der Waals surface area contributed by atoms with Gasteiger partial charge in [0.1, 0.15) is 6.04 Å². The van der Waals surface area contributed by atoms with Gasteiger partial charge in [-0.25, -0.2) is 0 Å². The molecule has 7 nitrogen and oxygen atoms in total. The van der Waals surface area contributed by atoms with E-state index >= 15 is 0 Å². The summed E-state index contributed by atoms with van der Waals surface area (Å²) in [5, 5.41) is 14.9. The van der Waals surface area contributed by atoms with Crippen molar-refractivity contribution in [1.29, 1.82) is 0 Å². The van der Waals surface area contributed by atoms with E-state index < -0.39 is 12.0 Å². The first-order chi connectivity index (χ1) is 11.5. The van der Waals surface area contributed by atoms with E-state index in [4.69, 9.17) is 4.74 Å². The summed E-state index contributed by atoms with van der Waals surface area (Å²) in [6, 6.07) is 6.45. The van der Waals surface area contributed by atoms with Crippen molar-refractivity contribution in [2.75, 3.05) is 37.5 Å². The molecule has 0 radical (unpaired) electrons. The van der Waals surface area contributed by atoms with Crippen molar-refractivity contribution < 1.29 is 19.4 Å². The number of carbonyl (C=O) groups excluding carboxylic acids is 1. The molecule has 132 valence electrons. The Labute approximate surface area is 142 Å². The highest BCUT2D eigenvalue weighted by molar-refractivity contribution is 5.94. The highest BCUT2D eigenvalue weighted by Gasteiger charge is 2.23. The number of carbonyl (C=O) groups is 2. The Hall–Kier alpha value is -2.12. The van der Waals surface area contributed by atoms with Crippen LogP contribution < -0.4 is 15.5 Å². The number of hydrogen-bond acceptors (Lipinski definition) is 5. The summed E-state index contributed by atoms with van der Waals surface area (Å²) in [5.74, 6) is -1.37. The minimum atomic E-state index is -1.04. The molecule has 1 aliphatic rings. The fourth-order valence-corrected chi connectivity index (χ4v) is 2.57. The van der Waals surface area contributed by atoms with Crippen molar-refractivity contribution in [1.82, 2.24) is 5.32 Å². The van der Waals surface area contributed by atoms with E-state index in [0.29, 0.717) is 18.8 Å².